The number of ether oxygens (including phenoxy) is 1. The maximum Gasteiger partial charge on any atom is 0.323 e. The lowest BCUT2D eigenvalue weighted by Gasteiger charge is -2.22. The quantitative estimate of drug-likeness (QED) is 0.702. The van der Waals surface area contributed by atoms with Crippen molar-refractivity contribution in [3.8, 4) is 0 Å². The second-order valence-corrected chi connectivity index (χ2v) is 7.26. The van der Waals surface area contributed by atoms with Crippen LogP contribution in [0.15, 0.2) is 0 Å². The molecule has 1 heterocycles. The van der Waals surface area contributed by atoms with Crippen LogP contribution in [-0.2, 0) is 19.6 Å². The molecule has 6 nitrogen and oxygen atoms in total. The lowest BCUT2D eigenvalue weighted by molar-refractivity contribution is -0.148. The van der Waals surface area contributed by atoms with Crippen molar-refractivity contribution in [2.75, 3.05) is 19.7 Å². The third-order valence-electron chi connectivity index (χ3n) is 3.70. The van der Waals surface area contributed by atoms with Crippen LogP contribution in [0.1, 0.15) is 33.1 Å². The number of likely N-dealkylation sites (tertiary alicyclic amines) is 1. The lowest BCUT2D eigenvalue weighted by Crippen LogP contribution is -2.42. The fraction of sp³-hybridized carbons (Fsp3) is 0.917. The van der Waals surface area contributed by atoms with E-state index in [9.17, 15) is 13.2 Å². The van der Waals surface area contributed by atoms with Crippen LogP contribution in [0.5, 0.6) is 0 Å². The Labute approximate surface area is 114 Å². The molecule has 7 heteroatoms. The summed E-state index contributed by atoms with van der Waals surface area (Å²) in [6.45, 7) is 4.91. The van der Waals surface area contributed by atoms with Crippen molar-refractivity contribution in [1.82, 2.24) is 9.62 Å². The first-order valence-corrected chi connectivity index (χ1v) is 8.40. The van der Waals surface area contributed by atoms with Gasteiger partial charge in [-0.3, -0.25) is 9.69 Å². The summed E-state index contributed by atoms with van der Waals surface area (Å²) in [7, 11) is -3.24. The van der Waals surface area contributed by atoms with Gasteiger partial charge in [0.2, 0.25) is 10.0 Å². The third-order valence-corrected chi connectivity index (χ3v) is 5.62. The van der Waals surface area contributed by atoms with Crippen LogP contribution in [0, 0.1) is 0 Å². The van der Waals surface area contributed by atoms with Crippen LogP contribution in [0.4, 0.5) is 0 Å². The lowest BCUT2D eigenvalue weighted by atomic mass is 10.3. The SMILES string of the molecule is CCOC(=O)[C@H](C)N1CC[C@@H](S(=O)(=O)NC2CC2)C1. The van der Waals surface area contributed by atoms with Crippen LogP contribution in [0.25, 0.3) is 0 Å². The number of rotatable bonds is 6. The van der Waals surface area contributed by atoms with Crippen molar-refractivity contribution >= 4 is 16.0 Å². The molecule has 1 saturated carbocycles. The Bertz CT molecular complexity index is 433. The molecule has 0 bridgehead atoms. The predicted octanol–water partition coefficient (Wildman–Crippen LogP) is 0.0941. The Kier molecular flexibility index (Phi) is 4.47. The number of carbonyl (C=O) groups is 1. The van der Waals surface area contributed by atoms with E-state index < -0.39 is 15.3 Å². The highest BCUT2D eigenvalue weighted by Gasteiger charge is 2.39. The Morgan fingerprint density at radius 3 is 2.68 bits per heavy atom. The minimum absolute atomic E-state index is 0.140. The van der Waals surface area contributed by atoms with Crippen LogP contribution in [0.2, 0.25) is 0 Å². The second-order valence-electron chi connectivity index (χ2n) is 5.27. The van der Waals surface area contributed by atoms with E-state index in [1.165, 1.54) is 0 Å². The smallest absolute Gasteiger partial charge is 0.323 e. The molecule has 0 aromatic carbocycles. The molecule has 0 amide bonds. The number of hydrogen-bond donors (Lipinski definition) is 1. The van der Waals surface area contributed by atoms with Crippen molar-refractivity contribution in [3.63, 3.8) is 0 Å². The van der Waals surface area contributed by atoms with Crippen molar-refractivity contribution in [2.45, 2.75) is 50.4 Å². The fourth-order valence-corrected chi connectivity index (χ4v) is 4.00. The molecular formula is C12H22N2O4S. The Hall–Kier alpha value is -0.660. The van der Waals surface area contributed by atoms with E-state index in [0.717, 1.165) is 12.8 Å². The number of nitrogens with one attached hydrogen (secondary N) is 1. The summed E-state index contributed by atoms with van der Waals surface area (Å²) in [6, 6.07) is -0.234. The maximum absolute atomic E-state index is 12.1. The van der Waals surface area contributed by atoms with Crippen molar-refractivity contribution < 1.29 is 17.9 Å². The van der Waals surface area contributed by atoms with E-state index in [4.69, 9.17) is 4.74 Å². The molecule has 110 valence electrons. The predicted molar refractivity (Wildman–Crippen MR) is 71.2 cm³/mol. The molecule has 2 atom stereocenters. The average molecular weight is 290 g/mol. The van der Waals surface area contributed by atoms with Crippen LogP contribution in [0.3, 0.4) is 0 Å². The van der Waals surface area contributed by atoms with Gasteiger partial charge >= 0.3 is 5.97 Å². The number of carbonyl (C=O) groups excluding carboxylic acids is 1. The zero-order valence-corrected chi connectivity index (χ0v) is 12.3. The summed E-state index contributed by atoms with van der Waals surface area (Å²) >= 11 is 0. The molecule has 0 radical (unpaired) electrons. The molecule has 2 fully saturated rings. The Morgan fingerprint density at radius 2 is 2.11 bits per heavy atom. The van der Waals surface area contributed by atoms with Gasteiger partial charge in [0.05, 0.1) is 11.9 Å². The molecule has 1 aliphatic carbocycles. The topological polar surface area (TPSA) is 75.7 Å². The highest BCUT2D eigenvalue weighted by atomic mass is 32.2. The maximum atomic E-state index is 12.1. The highest BCUT2D eigenvalue weighted by Crippen LogP contribution is 2.24. The minimum Gasteiger partial charge on any atom is -0.465 e. The monoisotopic (exact) mass is 290 g/mol. The van der Waals surface area contributed by atoms with Gasteiger partial charge in [0.1, 0.15) is 6.04 Å². The fourth-order valence-electron chi connectivity index (χ4n) is 2.30. The van der Waals surface area contributed by atoms with Gasteiger partial charge in [0, 0.05) is 19.1 Å². The molecule has 2 aliphatic rings. The second kappa shape index (κ2) is 5.76. The molecule has 1 N–H and O–H groups in total. The number of hydrogen-bond acceptors (Lipinski definition) is 5. The van der Waals surface area contributed by atoms with Gasteiger partial charge in [0.25, 0.3) is 0 Å². The zero-order chi connectivity index (χ0) is 14.0. The van der Waals surface area contributed by atoms with Crippen LogP contribution in [-0.4, -0.2) is 56.3 Å². The van der Waals surface area contributed by atoms with Gasteiger partial charge in [-0.25, -0.2) is 13.1 Å². The van der Waals surface area contributed by atoms with Gasteiger partial charge in [-0.05, 0) is 33.1 Å². The molecule has 2 rings (SSSR count). The summed E-state index contributed by atoms with van der Waals surface area (Å²) in [4.78, 5) is 13.5. The normalized spacial score (nSPS) is 26.3. The minimum atomic E-state index is -3.24. The van der Waals surface area contributed by atoms with Gasteiger partial charge in [-0.2, -0.15) is 0 Å². The largest absolute Gasteiger partial charge is 0.465 e. The number of nitrogens with zero attached hydrogens (tertiary/aromatic N) is 1. The summed E-state index contributed by atoms with van der Waals surface area (Å²) in [5.41, 5.74) is 0. The molecule has 1 aliphatic heterocycles. The van der Waals surface area contributed by atoms with E-state index in [-0.39, 0.29) is 18.1 Å². The van der Waals surface area contributed by atoms with E-state index in [0.29, 0.717) is 26.1 Å². The summed E-state index contributed by atoms with van der Waals surface area (Å²) in [6.07, 6.45) is 2.45. The highest BCUT2D eigenvalue weighted by molar-refractivity contribution is 7.90. The standard InChI is InChI=1S/C12H22N2O4S/c1-3-18-12(15)9(2)14-7-6-11(8-14)19(16,17)13-10-4-5-10/h9-11,13H,3-8H2,1-2H3/t9-,11+/m0/s1. The van der Waals surface area contributed by atoms with Crippen molar-refractivity contribution in [3.05, 3.63) is 0 Å². The first-order chi connectivity index (χ1) is 8.94. The number of esters is 1. The molecular weight excluding hydrogens is 268 g/mol. The third kappa shape index (κ3) is 3.67. The van der Waals surface area contributed by atoms with E-state index in [2.05, 4.69) is 4.72 Å². The molecule has 0 aromatic rings. The Morgan fingerprint density at radius 1 is 1.42 bits per heavy atom. The average Bonchev–Trinajstić information content (AvgIpc) is 2.99. The summed E-state index contributed by atoms with van der Waals surface area (Å²) < 4.78 is 31.9. The molecule has 0 spiro atoms. The zero-order valence-electron chi connectivity index (χ0n) is 11.5. The van der Waals surface area contributed by atoms with Crippen molar-refractivity contribution in [2.24, 2.45) is 0 Å². The van der Waals surface area contributed by atoms with Crippen LogP contribution >= 0.6 is 0 Å². The molecule has 0 aromatic heterocycles. The summed E-state index contributed by atoms with van der Waals surface area (Å²) in [5, 5.41) is -0.412. The van der Waals surface area contributed by atoms with E-state index in [1.807, 2.05) is 4.90 Å². The van der Waals surface area contributed by atoms with E-state index >= 15 is 0 Å². The van der Waals surface area contributed by atoms with Crippen LogP contribution < -0.4 is 4.72 Å². The van der Waals surface area contributed by atoms with E-state index in [1.54, 1.807) is 13.8 Å². The van der Waals surface area contributed by atoms with Gasteiger partial charge < -0.3 is 4.74 Å². The molecule has 0 unspecified atom stereocenters. The summed E-state index contributed by atoms with van der Waals surface area (Å²) in [5.74, 6) is -0.282. The molecule has 19 heavy (non-hydrogen) atoms. The number of sulfonamides is 1. The van der Waals surface area contributed by atoms with Crippen molar-refractivity contribution in [1.29, 1.82) is 0 Å². The van der Waals surface area contributed by atoms with Gasteiger partial charge in [-0.15, -0.1) is 0 Å². The molecule has 1 saturated heterocycles. The first kappa shape index (κ1) is 14.7. The first-order valence-electron chi connectivity index (χ1n) is 6.86. The van der Waals surface area contributed by atoms with Gasteiger partial charge in [0.15, 0.2) is 0 Å². The van der Waals surface area contributed by atoms with Gasteiger partial charge in [-0.1, -0.05) is 0 Å². The Balaban J connectivity index is 1.90.